The van der Waals surface area contributed by atoms with E-state index in [0.29, 0.717) is 11.0 Å². The van der Waals surface area contributed by atoms with Crippen LogP contribution in [0.25, 0.3) is 11.0 Å². The second-order valence-corrected chi connectivity index (χ2v) is 5.93. The van der Waals surface area contributed by atoms with Crippen LogP contribution in [0.3, 0.4) is 0 Å². The molecule has 0 fully saturated rings. The maximum atomic E-state index is 12.1. The quantitative estimate of drug-likeness (QED) is 0.791. The molecular weight excluding hydrogens is 268 g/mol. The van der Waals surface area contributed by atoms with Gasteiger partial charge < -0.3 is 10.2 Å². The first kappa shape index (κ1) is 13.7. The van der Waals surface area contributed by atoms with Gasteiger partial charge in [0, 0.05) is 24.0 Å². The summed E-state index contributed by atoms with van der Waals surface area (Å²) in [4.78, 5) is 11.1. The van der Waals surface area contributed by atoms with Crippen LogP contribution in [-0.4, -0.2) is 21.0 Å². The standard InChI is InChI=1S/C12H14N2O4S/c1-8(7-13)14-19(16,17)10-3-4-11-9(6-10)2-5-12(15)18-11/h2-6,8,14H,7,13H2,1H3/t8-/m1/s1. The molecule has 3 N–H and O–H groups in total. The van der Waals surface area contributed by atoms with Gasteiger partial charge in [-0.25, -0.2) is 17.9 Å². The molecule has 0 unspecified atom stereocenters. The molecule has 19 heavy (non-hydrogen) atoms. The molecule has 1 aromatic heterocycles. The summed E-state index contributed by atoms with van der Waals surface area (Å²) in [5, 5.41) is 0.544. The Morgan fingerprint density at radius 3 is 2.74 bits per heavy atom. The van der Waals surface area contributed by atoms with Crippen molar-refractivity contribution >= 4 is 21.0 Å². The number of hydrogen-bond acceptors (Lipinski definition) is 5. The second-order valence-electron chi connectivity index (χ2n) is 4.21. The van der Waals surface area contributed by atoms with E-state index >= 15 is 0 Å². The van der Waals surface area contributed by atoms with Crippen LogP contribution in [0.5, 0.6) is 0 Å². The fourth-order valence-corrected chi connectivity index (χ4v) is 2.89. The minimum Gasteiger partial charge on any atom is -0.423 e. The summed E-state index contributed by atoms with van der Waals surface area (Å²) in [5.41, 5.74) is 5.26. The van der Waals surface area contributed by atoms with Crippen molar-refractivity contribution in [2.24, 2.45) is 5.73 Å². The lowest BCUT2D eigenvalue weighted by molar-refractivity contribution is 0.558. The Balaban J connectivity index is 2.46. The van der Waals surface area contributed by atoms with Gasteiger partial charge in [0.15, 0.2) is 0 Å². The Morgan fingerprint density at radius 1 is 1.32 bits per heavy atom. The number of benzene rings is 1. The van der Waals surface area contributed by atoms with Gasteiger partial charge in [-0.2, -0.15) is 0 Å². The zero-order valence-corrected chi connectivity index (χ0v) is 11.1. The van der Waals surface area contributed by atoms with Gasteiger partial charge in [0.05, 0.1) is 4.90 Å². The lowest BCUT2D eigenvalue weighted by Crippen LogP contribution is -2.37. The number of rotatable bonds is 4. The maximum absolute atomic E-state index is 12.1. The summed E-state index contributed by atoms with van der Waals surface area (Å²) in [6.07, 6.45) is 0. The molecule has 0 radical (unpaired) electrons. The highest BCUT2D eigenvalue weighted by molar-refractivity contribution is 7.89. The third-order valence-corrected chi connectivity index (χ3v) is 4.20. The van der Waals surface area contributed by atoms with Crippen molar-refractivity contribution < 1.29 is 12.8 Å². The number of sulfonamides is 1. The fourth-order valence-electron chi connectivity index (χ4n) is 1.60. The van der Waals surface area contributed by atoms with Crippen LogP contribution in [0, 0.1) is 0 Å². The molecule has 1 heterocycles. The first-order valence-corrected chi connectivity index (χ1v) is 7.17. The summed E-state index contributed by atoms with van der Waals surface area (Å²) in [7, 11) is -3.62. The van der Waals surface area contributed by atoms with Gasteiger partial charge in [0.25, 0.3) is 0 Å². The van der Waals surface area contributed by atoms with Crippen molar-refractivity contribution in [1.29, 1.82) is 0 Å². The van der Waals surface area contributed by atoms with Crippen molar-refractivity contribution in [3.8, 4) is 0 Å². The van der Waals surface area contributed by atoms with Gasteiger partial charge in [0.1, 0.15) is 5.58 Å². The largest absolute Gasteiger partial charge is 0.423 e. The first-order chi connectivity index (χ1) is 8.92. The van der Waals surface area contributed by atoms with Crippen LogP contribution >= 0.6 is 0 Å². The molecule has 0 bridgehead atoms. The van der Waals surface area contributed by atoms with Crippen LogP contribution in [0.1, 0.15) is 6.92 Å². The van der Waals surface area contributed by atoms with Crippen molar-refractivity contribution in [1.82, 2.24) is 4.72 Å². The third-order valence-electron chi connectivity index (χ3n) is 2.61. The van der Waals surface area contributed by atoms with Crippen LogP contribution < -0.4 is 16.1 Å². The van der Waals surface area contributed by atoms with Gasteiger partial charge in [-0.3, -0.25) is 0 Å². The molecule has 102 valence electrons. The van der Waals surface area contributed by atoms with Crippen LogP contribution in [0.15, 0.2) is 44.4 Å². The van der Waals surface area contributed by atoms with E-state index in [1.165, 1.54) is 30.3 Å². The summed E-state index contributed by atoms with van der Waals surface area (Å²) in [6.45, 7) is 1.89. The third kappa shape index (κ3) is 3.01. The molecule has 0 saturated heterocycles. The topological polar surface area (TPSA) is 102 Å². The van der Waals surface area contributed by atoms with Crippen LogP contribution in [0.2, 0.25) is 0 Å². The molecule has 2 rings (SSSR count). The monoisotopic (exact) mass is 282 g/mol. The molecule has 0 spiro atoms. The highest BCUT2D eigenvalue weighted by Crippen LogP contribution is 2.17. The van der Waals surface area contributed by atoms with E-state index in [1.54, 1.807) is 6.92 Å². The van der Waals surface area contributed by atoms with Crippen molar-refractivity contribution in [3.63, 3.8) is 0 Å². The smallest absolute Gasteiger partial charge is 0.336 e. The van der Waals surface area contributed by atoms with Crippen molar-refractivity contribution in [3.05, 3.63) is 40.8 Å². The number of fused-ring (bicyclic) bond motifs is 1. The van der Waals surface area contributed by atoms with Crippen LogP contribution in [-0.2, 0) is 10.0 Å². The summed E-state index contributed by atoms with van der Waals surface area (Å²) >= 11 is 0. The van der Waals surface area contributed by atoms with Gasteiger partial charge in [-0.05, 0) is 31.2 Å². The molecule has 0 aliphatic carbocycles. The number of nitrogens with one attached hydrogen (secondary N) is 1. The Morgan fingerprint density at radius 2 is 2.05 bits per heavy atom. The Labute approximate surface area is 110 Å². The minimum atomic E-state index is -3.62. The van der Waals surface area contributed by atoms with E-state index < -0.39 is 15.6 Å². The zero-order chi connectivity index (χ0) is 14.0. The van der Waals surface area contributed by atoms with E-state index in [9.17, 15) is 13.2 Å². The first-order valence-electron chi connectivity index (χ1n) is 5.69. The second kappa shape index (κ2) is 5.12. The average Bonchev–Trinajstić information content (AvgIpc) is 2.37. The zero-order valence-electron chi connectivity index (χ0n) is 10.3. The molecule has 0 aliphatic rings. The molecule has 2 aromatic rings. The maximum Gasteiger partial charge on any atom is 0.336 e. The predicted octanol–water partition coefficient (Wildman–Crippen LogP) is 0.419. The van der Waals surface area contributed by atoms with Crippen LogP contribution in [0.4, 0.5) is 0 Å². The predicted molar refractivity (Wildman–Crippen MR) is 71.3 cm³/mol. The number of nitrogens with two attached hydrogens (primary N) is 1. The molecule has 0 aliphatic heterocycles. The molecule has 0 amide bonds. The normalized spacial score (nSPS) is 13.6. The van der Waals surface area contributed by atoms with E-state index in [4.69, 9.17) is 10.2 Å². The summed E-state index contributed by atoms with van der Waals surface area (Å²) in [6, 6.07) is 6.70. The lowest BCUT2D eigenvalue weighted by atomic mass is 10.2. The average molecular weight is 282 g/mol. The summed E-state index contributed by atoms with van der Waals surface area (Å²) < 4.78 is 31.5. The minimum absolute atomic E-state index is 0.106. The van der Waals surface area contributed by atoms with E-state index in [-0.39, 0.29) is 17.5 Å². The molecular formula is C12H14N2O4S. The molecule has 1 atom stereocenters. The summed E-state index contributed by atoms with van der Waals surface area (Å²) in [5.74, 6) is 0. The SMILES string of the molecule is C[C@H](CN)NS(=O)(=O)c1ccc2oc(=O)ccc2c1. The Kier molecular flexibility index (Phi) is 3.70. The molecule has 6 nitrogen and oxygen atoms in total. The van der Waals surface area contributed by atoms with Gasteiger partial charge in [-0.15, -0.1) is 0 Å². The Hall–Kier alpha value is -1.70. The highest BCUT2D eigenvalue weighted by Gasteiger charge is 2.17. The highest BCUT2D eigenvalue weighted by atomic mass is 32.2. The van der Waals surface area contributed by atoms with Gasteiger partial charge >= 0.3 is 5.63 Å². The van der Waals surface area contributed by atoms with Gasteiger partial charge in [-0.1, -0.05) is 0 Å². The van der Waals surface area contributed by atoms with Crippen molar-refractivity contribution in [2.75, 3.05) is 6.54 Å². The van der Waals surface area contributed by atoms with Gasteiger partial charge in [0.2, 0.25) is 10.0 Å². The molecule has 7 heteroatoms. The lowest BCUT2D eigenvalue weighted by Gasteiger charge is -2.12. The molecule has 0 saturated carbocycles. The fraction of sp³-hybridized carbons (Fsp3) is 0.250. The number of hydrogen-bond donors (Lipinski definition) is 2. The van der Waals surface area contributed by atoms with E-state index in [2.05, 4.69) is 4.72 Å². The van der Waals surface area contributed by atoms with E-state index in [1.807, 2.05) is 0 Å². The van der Waals surface area contributed by atoms with E-state index in [0.717, 1.165) is 0 Å². The Bertz CT molecular complexity index is 752. The molecule has 1 aromatic carbocycles. The van der Waals surface area contributed by atoms with Crippen molar-refractivity contribution in [2.45, 2.75) is 17.9 Å².